The van der Waals surface area contributed by atoms with Crippen LogP contribution in [0.2, 0.25) is 0 Å². The van der Waals surface area contributed by atoms with E-state index in [0.717, 1.165) is 30.6 Å². The number of fused-ring (bicyclic) bond motifs is 2. The molecule has 1 amide bonds. The summed E-state index contributed by atoms with van der Waals surface area (Å²) < 4.78 is 5.85. The molecule has 0 aliphatic carbocycles. The van der Waals surface area contributed by atoms with E-state index in [4.69, 9.17) is 10.5 Å². The molecule has 2 aliphatic heterocycles. The number of β-amino-alcohol motifs (C(OH)–C–C–N with tert-alkyl or cyclic N) is 1. The number of amides is 1. The average Bonchev–Trinajstić information content (AvgIpc) is 3.12. The van der Waals surface area contributed by atoms with Gasteiger partial charge in [0.2, 0.25) is 0 Å². The van der Waals surface area contributed by atoms with Gasteiger partial charge in [0, 0.05) is 45.0 Å². The van der Waals surface area contributed by atoms with Crippen molar-refractivity contribution in [2.24, 2.45) is 0 Å². The van der Waals surface area contributed by atoms with E-state index >= 15 is 0 Å². The summed E-state index contributed by atoms with van der Waals surface area (Å²) >= 11 is 0. The first kappa shape index (κ1) is 27.2. The molecule has 206 valence electrons. The predicted octanol–water partition coefficient (Wildman–Crippen LogP) is 2.38. The van der Waals surface area contributed by atoms with Crippen molar-refractivity contribution in [3.63, 3.8) is 0 Å². The molecule has 0 spiro atoms. The number of rotatable bonds is 6. The van der Waals surface area contributed by atoms with Crippen LogP contribution in [-0.4, -0.2) is 79.6 Å². The van der Waals surface area contributed by atoms with Crippen LogP contribution >= 0.6 is 0 Å². The van der Waals surface area contributed by atoms with E-state index in [-0.39, 0.29) is 12.5 Å². The number of nitrogens with two attached hydrogens (primary N) is 1. The Labute approximate surface area is 233 Å². The zero-order valence-corrected chi connectivity index (χ0v) is 22.3. The Kier molecular flexibility index (Phi) is 8.89. The number of carbonyl (C=O) groups excluding carboxylic acids is 1. The predicted molar refractivity (Wildman–Crippen MR) is 151 cm³/mol. The lowest BCUT2D eigenvalue weighted by atomic mass is 10.00. The van der Waals surface area contributed by atoms with Crippen molar-refractivity contribution in [2.45, 2.75) is 25.5 Å². The molecule has 4 heterocycles. The van der Waals surface area contributed by atoms with E-state index < -0.39 is 6.10 Å². The zero-order chi connectivity index (χ0) is 27.7. The van der Waals surface area contributed by atoms with Crippen LogP contribution in [0.25, 0.3) is 0 Å². The summed E-state index contributed by atoms with van der Waals surface area (Å²) in [5.74, 6) is 0.495. The average molecular weight is 540 g/mol. The van der Waals surface area contributed by atoms with E-state index in [9.17, 15) is 9.90 Å². The normalized spacial score (nSPS) is 15.5. The first-order valence-corrected chi connectivity index (χ1v) is 13.3. The summed E-state index contributed by atoms with van der Waals surface area (Å²) in [4.78, 5) is 32.7. The maximum atomic E-state index is 13.3. The second kappa shape index (κ2) is 13.1. The molecule has 10 nitrogen and oxygen atoms in total. The van der Waals surface area contributed by atoms with Gasteiger partial charge in [-0.2, -0.15) is 0 Å². The van der Waals surface area contributed by atoms with Crippen LogP contribution < -0.4 is 10.5 Å². The van der Waals surface area contributed by atoms with E-state index in [2.05, 4.69) is 49.1 Å². The first-order chi connectivity index (χ1) is 19.5. The molecule has 0 saturated carbocycles. The molecule has 40 heavy (non-hydrogen) atoms. The molecule has 2 aromatic carbocycles. The number of hydrogen-bond acceptors (Lipinski definition) is 9. The van der Waals surface area contributed by atoms with Gasteiger partial charge in [0.15, 0.2) is 0 Å². The van der Waals surface area contributed by atoms with Crippen molar-refractivity contribution >= 4 is 11.6 Å². The Hall–Kier alpha value is -4.41. The Balaban J connectivity index is 0.000000403. The van der Waals surface area contributed by atoms with Gasteiger partial charge in [-0.15, -0.1) is 0 Å². The molecule has 6 rings (SSSR count). The van der Waals surface area contributed by atoms with Crippen molar-refractivity contribution in [3.05, 3.63) is 108 Å². The van der Waals surface area contributed by atoms with Crippen molar-refractivity contribution in [3.8, 4) is 5.75 Å². The van der Waals surface area contributed by atoms with Crippen LogP contribution in [0.1, 0.15) is 32.6 Å². The maximum absolute atomic E-state index is 13.3. The molecule has 0 saturated heterocycles. The van der Waals surface area contributed by atoms with Gasteiger partial charge in [-0.05, 0) is 40.8 Å². The third kappa shape index (κ3) is 7.16. The fourth-order valence-corrected chi connectivity index (χ4v) is 4.98. The van der Waals surface area contributed by atoms with Crippen molar-refractivity contribution in [2.75, 3.05) is 38.5 Å². The fourth-order valence-electron chi connectivity index (χ4n) is 4.98. The van der Waals surface area contributed by atoms with Gasteiger partial charge >= 0.3 is 0 Å². The van der Waals surface area contributed by atoms with Crippen LogP contribution in [-0.2, 0) is 19.4 Å². The number of nitrogens with zero attached hydrogens (tertiary/aromatic N) is 6. The van der Waals surface area contributed by atoms with Gasteiger partial charge in [0.1, 0.15) is 25.0 Å². The first-order valence-electron chi connectivity index (χ1n) is 13.3. The minimum absolute atomic E-state index is 0.100. The quantitative estimate of drug-likeness (QED) is 0.379. The van der Waals surface area contributed by atoms with E-state index in [0.29, 0.717) is 43.1 Å². The Morgan fingerprint density at radius 2 is 1.62 bits per heavy atom. The molecular weight excluding hydrogens is 506 g/mol. The summed E-state index contributed by atoms with van der Waals surface area (Å²) in [5, 5.41) is 10.8. The fraction of sp³-hybridized carbons (Fsp3) is 0.300. The molecule has 0 bridgehead atoms. The largest absolute Gasteiger partial charge is 0.491 e. The lowest BCUT2D eigenvalue weighted by molar-refractivity contribution is 0.0501. The number of nitrogen functional groups attached to an aromatic ring is 1. The third-order valence-electron chi connectivity index (χ3n) is 6.89. The van der Waals surface area contributed by atoms with Gasteiger partial charge in [-0.3, -0.25) is 9.69 Å². The zero-order valence-electron chi connectivity index (χ0n) is 22.3. The minimum Gasteiger partial charge on any atom is -0.491 e. The summed E-state index contributed by atoms with van der Waals surface area (Å²) in [7, 11) is 0. The number of aliphatic hydroxyl groups excluding tert-OH is 1. The summed E-state index contributed by atoms with van der Waals surface area (Å²) in [6.45, 7) is 3.44. The van der Waals surface area contributed by atoms with Crippen molar-refractivity contribution in [1.29, 1.82) is 0 Å². The summed E-state index contributed by atoms with van der Waals surface area (Å²) in [5.41, 5.74) is 11.1. The van der Waals surface area contributed by atoms with Gasteiger partial charge in [0.05, 0.1) is 36.3 Å². The number of benzene rings is 2. The number of carbonyl (C=O) groups is 1. The summed E-state index contributed by atoms with van der Waals surface area (Å²) in [6.07, 6.45) is 10.6. The van der Waals surface area contributed by atoms with Crippen LogP contribution in [0.15, 0.2) is 79.9 Å². The monoisotopic (exact) mass is 539 g/mol. The smallest absolute Gasteiger partial charge is 0.257 e. The summed E-state index contributed by atoms with van der Waals surface area (Å²) in [6, 6.07) is 14.2. The third-order valence-corrected chi connectivity index (χ3v) is 6.89. The molecule has 2 aliphatic rings. The second-order valence-corrected chi connectivity index (χ2v) is 9.93. The maximum Gasteiger partial charge on any atom is 0.257 e. The van der Waals surface area contributed by atoms with E-state index in [1.807, 2.05) is 18.2 Å². The second-order valence-electron chi connectivity index (χ2n) is 9.93. The van der Waals surface area contributed by atoms with Gasteiger partial charge in [0.25, 0.3) is 5.91 Å². The van der Waals surface area contributed by atoms with Crippen LogP contribution in [0.5, 0.6) is 5.75 Å². The van der Waals surface area contributed by atoms with Crippen LogP contribution in [0.4, 0.5) is 5.69 Å². The van der Waals surface area contributed by atoms with Gasteiger partial charge in [-0.25, -0.2) is 19.9 Å². The highest BCUT2D eigenvalue weighted by Crippen LogP contribution is 2.26. The Morgan fingerprint density at radius 3 is 2.35 bits per heavy atom. The molecule has 0 fully saturated rings. The van der Waals surface area contributed by atoms with Crippen molar-refractivity contribution < 1.29 is 14.6 Å². The molecule has 0 unspecified atom stereocenters. The molecular formula is C30H33N7O3. The molecule has 3 N–H and O–H groups in total. The van der Waals surface area contributed by atoms with Gasteiger partial charge < -0.3 is 20.5 Å². The minimum atomic E-state index is -0.620. The highest BCUT2D eigenvalue weighted by molar-refractivity contribution is 5.97. The van der Waals surface area contributed by atoms with Crippen molar-refractivity contribution in [1.82, 2.24) is 29.7 Å². The number of ether oxygens (including phenoxy) is 1. The molecule has 2 aromatic heterocycles. The van der Waals surface area contributed by atoms with E-state index in [1.165, 1.54) is 23.8 Å². The van der Waals surface area contributed by atoms with E-state index in [1.54, 1.807) is 29.7 Å². The lowest BCUT2D eigenvalue weighted by Crippen LogP contribution is -2.44. The SMILES string of the molecule is Nc1cncnc1.O=C1c2cc(Cc3cncnc3)ccc2OCCN1C[C@H](O)CN1CCc2ccccc2C1. The topological polar surface area (TPSA) is 131 Å². The highest BCUT2D eigenvalue weighted by atomic mass is 16.5. The highest BCUT2D eigenvalue weighted by Gasteiger charge is 2.27. The lowest BCUT2D eigenvalue weighted by Gasteiger charge is -2.32. The number of aliphatic hydroxyl groups is 1. The molecule has 4 aromatic rings. The molecule has 10 heteroatoms. The van der Waals surface area contributed by atoms with Gasteiger partial charge in [-0.1, -0.05) is 30.3 Å². The Morgan fingerprint density at radius 1 is 0.900 bits per heavy atom. The number of aromatic nitrogens is 4. The van der Waals surface area contributed by atoms with Crippen LogP contribution in [0.3, 0.4) is 0 Å². The molecule has 1 atom stereocenters. The standard InChI is InChI=1S/C26H28N4O3.C4H5N3/c31-23(16-29-8-7-21-3-1-2-4-22(21)15-29)17-30-9-10-33-25-6-5-19(12-24(25)26(30)32)11-20-13-27-18-28-14-20;5-4-1-6-3-7-2-4/h1-6,12-14,18,23,31H,7-11,15-17H2;1-3H,5H2/t23-;/m1./s1. The number of anilines is 1. The Bertz CT molecular complexity index is 1410. The van der Waals surface area contributed by atoms with Crippen LogP contribution in [0, 0.1) is 0 Å². The number of hydrogen-bond donors (Lipinski definition) is 2. The molecule has 0 radical (unpaired) electrons.